The second-order valence-electron chi connectivity index (χ2n) is 9.29. The molecule has 2 N–H and O–H groups in total. The largest absolute Gasteiger partial charge is 0.481 e. The van der Waals surface area contributed by atoms with Crippen LogP contribution in [0.2, 0.25) is 0 Å². The lowest BCUT2D eigenvalue weighted by Gasteiger charge is -2.29. The number of hydrogen-bond donors (Lipinski definition) is 2. The van der Waals surface area contributed by atoms with Crippen LogP contribution in [-0.2, 0) is 14.3 Å². The summed E-state index contributed by atoms with van der Waals surface area (Å²) >= 11 is 0. The van der Waals surface area contributed by atoms with Crippen LogP contribution in [0.25, 0.3) is 0 Å². The quantitative estimate of drug-likeness (QED) is 0.297. The summed E-state index contributed by atoms with van der Waals surface area (Å²) in [5, 5.41) is 19.4. The number of aliphatic carboxylic acids is 1. The molecule has 3 heterocycles. The molecule has 0 aromatic heterocycles. The second kappa shape index (κ2) is 9.10. The average molecular weight is 393 g/mol. The van der Waals surface area contributed by atoms with Gasteiger partial charge in [0.25, 0.3) is 0 Å². The van der Waals surface area contributed by atoms with Crippen molar-refractivity contribution >= 4 is 5.97 Å². The van der Waals surface area contributed by atoms with Crippen molar-refractivity contribution in [3.63, 3.8) is 0 Å². The molecule has 3 rings (SSSR count). The van der Waals surface area contributed by atoms with Gasteiger partial charge in [0, 0.05) is 18.3 Å². The van der Waals surface area contributed by atoms with E-state index >= 15 is 0 Å². The van der Waals surface area contributed by atoms with Gasteiger partial charge in [0.05, 0.1) is 18.3 Å². The van der Waals surface area contributed by atoms with Gasteiger partial charge in [-0.3, -0.25) is 4.79 Å². The molecule has 5 nitrogen and oxygen atoms in total. The lowest BCUT2D eigenvalue weighted by molar-refractivity contribution is -0.137. The second-order valence-corrected chi connectivity index (χ2v) is 9.29. The molecule has 28 heavy (non-hydrogen) atoms. The zero-order valence-electron chi connectivity index (χ0n) is 17.4. The number of epoxide rings is 1. The molecule has 3 saturated heterocycles. The molecule has 0 spiro atoms. The van der Waals surface area contributed by atoms with Crippen molar-refractivity contribution in [1.29, 1.82) is 0 Å². The SMILES string of the molecule is CCCCC(C)(C)C(O)/C=C/[C@@H]1[C@H](C/C=C\CCCC(=O)O)[C@H]2O[C@@H]1[C@H]1O[C@H]12. The maximum Gasteiger partial charge on any atom is 0.303 e. The molecule has 0 saturated carbocycles. The summed E-state index contributed by atoms with van der Waals surface area (Å²) in [6.07, 6.45) is 14.6. The number of allylic oxidation sites excluding steroid dienone is 2. The van der Waals surface area contributed by atoms with Gasteiger partial charge >= 0.3 is 5.97 Å². The zero-order chi connectivity index (χ0) is 20.3. The molecular weight excluding hydrogens is 356 g/mol. The van der Waals surface area contributed by atoms with Gasteiger partial charge in [0.1, 0.15) is 12.2 Å². The number of carbonyl (C=O) groups is 1. The van der Waals surface area contributed by atoms with Crippen LogP contribution in [0.5, 0.6) is 0 Å². The van der Waals surface area contributed by atoms with Crippen LogP contribution in [0.15, 0.2) is 24.3 Å². The Bertz CT molecular complexity index is 596. The number of fused-ring (bicyclic) bond motifs is 5. The maximum absolute atomic E-state index is 10.7. The van der Waals surface area contributed by atoms with E-state index in [1.165, 1.54) is 0 Å². The van der Waals surface area contributed by atoms with Crippen molar-refractivity contribution in [2.24, 2.45) is 17.3 Å². The normalized spacial score (nSPS) is 35.0. The topological polar surface area (TPSA) is 79.3 Å². The first-order chi connectivity index (χ1) is 13.3. The number of aliphatic hydroxyl groups excluding tert-OH is 1. The number of unbranched alkanes of at least 4 members (excludes halogenated alkanes) is 2. The highest BCUT2D eigenvalue weighted by Crippen LogP contribution is 2.55. The summed E-state index contributed by atoms with van der Waals surface area (Å²) in [5.74, 6) is -0.0989. The van der Waals surface area contributed by atoms with E-state index in [1.54, 1.807) is 0 Å². The summed E-state index contributed by atoms with van der Waals surface area (Å²) in [6.45, 7) is 6.44. The Balaban J connectivity index is 1.56. The van der Waals surface area contributed by atoms with Gasteiger partial charge in [0.15, 0.2) is 0 Å². The molecule has 5 heteroatoms. The molecule has 3 aliphatic heterocycles. The monoisotopic (exact) mass is 392 g/mol. The summed E-state index contributed by atoms with van der Waals surface area (Å²) in [7, 11) is 0. The minimum Gasteiger partial charge on any atom is -0.481 e. The summed E-state index contributed by atoms with van der Waals surface area (Å²) in [6, 6.07) is 0. The van der Waals surface area contributed by atoms with Crippen LogP contribution in [0.1, 0.15) is 65.7 Å². The molecule has 2 bridgehead atoms. The predicted molar refractivity (Wildman–Crippen MR) is 108 cm³/mol. The van der Waals surface area contributed by atoms with E-state index in [1.807, 2.05) is 6.08 Å². The number of carboxylic acids is 1. The van der Waals surface area contributed by atoms with Crippen molar-refractivity contribution < 1.29 is 24.5 Å². The van der Waals surface area contributed by atoms with Crippen LogP contribution in [0.4, 0.5) is 0 Å². The Morgan fingerprint density at radius 3 is 2.54 bits per heavy atom. The summed E-state index contributed by atoms with van der Waals surface area (Å²) in [4.78, 5) is 10.6. The van der Waals surface area contributed by atoms with Crippen molar-refractivity contribution in [2.75, 3.05) is 0 Å². The Morgan fingerprint density at radius 2 is 1.82 bits per heavy atom. The lowest BCUT2D eigenvalue weighted by atomic mass is 9.76. The Morgan fingerprint density at radius 1 is 1.11 bits per heavy atom. The van der Waals surface area contributed by atoms with Crippen LogP contribution < -0.4 is 0 Å². The van der Waals surface area contributed by atoms with Crippen molar-refractivity contribution in [1.82, 2.24) is 0 Å². The van der Waals surface area contributed by atoms with E-state index in [0.29, 0.717) is 12.3 Å². The zero-order valence-corrected chi connectivity index (χ0v) is 17.4. The average Bonchev–Trinajstić information content (AvgIpc) is 3.28. The fourth-order valence-corrected chi connectivity index (χ4v) is 4.68. The van der Waals surface area contributed by atoms with Crippen LogP contribution in [0, 0.1) is 17.3 Å². The first kappa shape index (κ1) is 21.5. The Kier molecular flexibility index (Phi) is 7.00. The number of aliphatic hydroxyl groups is 1. The van der Waals surface area contributed by atoms with E-state index in [-0.39, 0.29) is 42.2 Å². The molecule has 1 unspecified atom stereocenters. The van der Waals surface area contributed by atoms with Crippen LogP contribution in [-0.4, -0.2) is 46.7 Å². The number of carboxylic acid groups (broad SMARTS) is 1. The Labute approximate surface area is 168 Å². The third-order valence-electron chi connectivity index (χ3n) is 6.65. The van der Waals surface area contributed by atoms with Crippen molar-refractivity contribution in [2.45, 2.75) is 96.2 Å². The van der Waals surface area contributed by atoms with Crippen LogP contribution in [0.3, 0.4) is 0 Å². The molecule has 7 atom stereocenters. The van der Waals surface area contributed by atoms with Gasteiger partial charge in [-0.1, -0.05) is 57.9 Å². The Hall–Kier alpha value is -1.17. The third kappa shape index (κ3) is 4.87. The highest BCUT2D eigenvalue weighted by Gasteiger charge is 2.68. The molecule has 0 aliphatic carbocycles. The van der Waals surface area contributed by atoms with Crippen LogP contribution >= 0.6 is 0 Å². The number of ether oxygens (including phenoxy) is 2. The molecule has 0 amide bonds. The molecule has 0 radical (unpaired) electrons. The minimum atomic E-state index is -0.738. The van der Waals surface area contributed by atoms with Gasteiger partial charge in [-0.05, 0) is 31.1 Å². The van der Waals surface area contributed by atoms with E-state index in [4.69, 9.17) is 14.6 Å². The minimum absolute atomic E-state index is 0.114. The van der Waals surface area contributed by atoms with Gasteiger partial charge in [0.2, 0.25) is 0 Å². The first-order valence-electron chi connectivity index (χ1n) is 10.9. The lowest BCUT2D eigenvalue weighted by Crippen LogP contribution is -2.32. The predicted octanol–water partition coefficient (Wildman–Crippen LogP) is 4.10. The first-order valence-corrected chi connectivity index (χ1v) is 10.9. The molecule has 3 fully saturated rings. The molecule has 3 aliphatic rings. The highest BCUT2D eigenvalue weighted by molar-refractivity contribution is 5.66. The number of hydrogen-bond acceptors (Lipinski definition) is 4. The standard InChI is InChI=1S/C23H36O5/c1-4-5-14-23(2,3)17(24)13-12-16-15(10-8-6-7-9-11-18(25)26)19-21-22(28-21)20(16)27-19/h6,8,12-13,15-17,19-22,24H,4-5,7,9-11,14H2,1-3H3,(H,25,26)/b8-6-,13-12+/t15-,16+,17?,19+,20-,21-,22+/m0/s1. The molecule has 0 aromatic rings. The van der Waals surface area contributed by atoms with E-state index in [2.05, 4.69) is 39.0 Å². The molecule has 158 valence electrons. The van der Waals surface area contributed by atoms with Crippen molar-refractivity contribution in [3.05, 3.63) is 24.3 Å². The third-order valence-corrected chi connectivity index (χ3v) is 6.65. The van der Waals surface area contributed by atoms with Gasteiger partial charge in [-0.15, -0.1) is 0 Å². The molecule has 0 aromatic carbocycles. The fraction of sp³-hybridized carbons (Fsp3) is 0.783. The van der Waals surface area contributed by atoms with Gasteiger partial charge < -0.3 is 19.7 Å². The number of rotatable bonds is 12. The fourth-order valence-electron chi connectivity index (χ4n) is 4.68. The van der Waals surface area contributed by atoms with E-state index in [9.17, 15) is 9.90 Å². The summed E-state index contributed by atoms with van der Waals surface area (Å²) in [5.41, 5.74) is -0.122. The van der Waals surface area contributed by atoms with Crippen molar-refractivity contribution in [3.8, 4) is 0 Å². The van der Waals surface area contributed by atoms with Gasteiger partial charge in [-0.2, -0.15) is 0 Å². The van der Waals surface area contributed by atoms with E-state index < -0.39 is 12.1 Å². The highest BCUT2D eigenvalue weighted by atomic mass is 16.7. The summed E-state index contributed by atoms with van der Waals surface area (Å²) < 4.78 is 12.0. The van der Waals surface area contributed by atoms with Gasteiger partial charge in [-0.25, -0.2) is 0 Å². The smallest absolute Gasteiger partial charge is 0.303 e. The van der Waals surface area contributed by atoms with E-state index in [0.717, 1.165) is 32.1 Å². The molecular formula is C23H36O5. The maximum atomic E-state index is 10.7.